The molecule has 2 atom stereocenters. The van der Waals surface area contributed by atoms with Crippen LogP contribution in [0.1, 0.15) is 97.1 Å². The fraction of sp³-hybridized carbons (Fsp3) is 0.533. The molecule has 0 aromatic heterocycles. The number of nitrogens with one attached hydrogen (secondary N) is 3. The Morgan fingerprint density at radius 2 is 1.58 bits per heavy atom. The average Bonchev–Trinajstić information content (AvgIpc) is 3.52. The Balaban J connectivity index is 1.27. The smallest absolute Gasteiger partial charge is 0.410 e. The van der Waals surface area contributed by atoms with Crippen LogP contribution in [0.5, 0.6) is 11.5 Å². The second-order valence-corrected chi connectivity index (χ2v) is 15.9. The zero-order chi connectivity index (χ0) is 40.8. The molecule has 1 aliphatic heterocycles. The number of anilines is 1. The van der Waals surface area contributed by atoms with E-state index < -0.39 is 23.6 Å². The molecule has 1 aliphatic carbocycles. The van der Waals surface area contributed by atoms with E-state index in [2.05, 4.69) is 66.1 Å². The number of carbonyl (C=O) groups excluding carboxylic acids is 3. The number of hydrogen-bond donors (Lipinski definition) is 3. The summed E-state index contributed by atoms with van der Waals surface area (Å²) in [6.45, 7) is 17.1. The topological polar surface area (TPSA) is 131 Å². The molecule has 0 bridgehead atoms. The SMILES string of the molecule is CCCCOc1cc(OCCCN(CC)CC)ccc1NNC(=O)C(CC1CCCN(C(=O)OC(C)(C)C)C1)NC(=O)OCC1c2ccccc2-c2ccccc21. The van der Waals surface area contributed by atoms with E-state index in [4.69, 9.17) is 18.9 Å². The first-order chi connectivity index (χ1) is 27.5. The van der Waals surface area contributed by atoms with E-state index in [1.54, 1.807) is 4.90 Å². The van der Waals surface area contributed by atoms with E-state index in [9.17, 15) is 14.4 Å². The monoisotopic (exact) mass is 785 g/mol. The average molecular weight is 786 g/mol. The molecule has 0 saturated carbocycles. The fourth-order valence-electron chi connectivity index (χ4n) is 7.47. The number of likely N-dealkylation sites (tertiary alicyclic amines) is 1. The number of fused-ring (bicyclic) bond motifs is 3. The summed E-state index contributed by atoms with van der Waals surface area (Å²) in [5, 5.41) is 2.86. The first-order valence-corrected chi connectivity index (χ1v) is 20.8. The van der Waals surface area contributed by atoms with Crippen molar-refractivity contribution in [1.29, 1.82) is 0 Å². The molecular formula is C45H63N5O7. The van der Waals surface area contributed by atoms with Crippen molar-refractivity contribution in [2.45, 2.75) is 97.6 Å². The van der Waals surface area contributed by atoms with Crippen molar-refractivity contribution in [2.24, 2.45) is 5.92 Å². The first kappa shape index (κ1) is 43.2. The van der Waals surface area contributed by atoms with Gasteiger partial charge in [0.2, 0.25) is 0 Å². The van der Waals surface area contributed by atoms with Crippen molar-refractivity contribution in [3.8, 4) is 22.6 Å². The van der Waals surface area contributed by atoms with Gasteiger partial charge < -0.3 is 34.1 Å². The summed E-state index contributed by atoms with van der Waals surface area (Å²) in [5.74, 6) is 0.584. The van der Waals surface area contributed by atoms with Crippen LogP contribution in [0.3, 0.4) is 0 Å². The first-order valence-electron chi connectivity index (χ1n) is 20.8. The Labute approximate surface area is 338 Å². The lowest BCUT2D eigenvalue weighted by atomic mass is 9.91. The van der Waals surface area contributed by atoms with Gasteiger partial charge in [-0.1, -0.05) is 75.7 Å². The number of hydrazine groups is 1. The minimum atomic E-state index is -0.963. The van der Waals surface area contributed by atoms with Gasteiger partial charge in [-0.3, -0.25) is 15.6 Å². The van der Waals surface area contributed by atoms with Gasteiger partial charge in [0.25, 0.3) is 5.91 Å². The van der Waals surface area contributed by atoms with Gasteiger partial charge in [0.1, 0.15) is 29.7 Å². The molecule has 3 aromatic rings. The molecule has 12 heteroatoms. The maximum atomic E-state index is 14.0. The lowest BCUT2D eigenvalue weighted by molar-refractivity contribution is -0.123. The van der Waals surface area contributed by atoms with Crippen molar-refractivity contribution in [3.05, 3.63) is 77.9 Å². The number of carbonyl (C=O) groups is 3. The van der Waals surface area contributed by atoms with Gasteiger partial charge in [-0.05, 0) is 106 Å². The van der Waals surface area contributed by atoms with Crippen molar-refractivity contribution in [3.63, 3.8) is 0 Å². The molecule has 3 aromatic carbocycles. The van der Waals surface area contributed by atoms with Gasteiger partial charge in [0.15, 0.2) is 0 Å². The molecule has 310 valence electrons. The minimum Gasteiger partial charge on any atom is -0.493 e. The summed E-state index contributed by atoms with van der Waals surface area (Å²) in [6, 6.07) is 20.8. The molecule has 3 N–H and O–H groups in total. The normalized spacial score (nSPS) is 15.6. The Kier molecular flexibility index (Phi) is 15.9. The standard InChI is InChI=1S/C45H63N5O7/c1-7-10-26-55-41-29-33(54-27-16-24-49(8-2)9-3)22-23-39(41)47-48-42(51)40(28-32-17-15-25-50(30-32)44(53)57-45(4,5)6)46-43(52)56-31-38-36-20-13-11-18-34(36)35-19-12-14-21-37(35)38/h11-14,18-23,29,32,38,40,47H,7-10,15-17,24-28,30-31H2,1-6H3,(H,46,52)(H,48,51). The van der Waals surface area contributed by atoms with Crippen LogP contribution in [0.25, 0.3) is 11.1 Å². The molecule has 2 aliphatic rings. The summed E-state index contributed by atoms with van der Waals surface area (Å²) in [7, 11) is 0. The van der Waals surface area contributed by atoms with Crippen LogP contribution in [0, 0.1) is 5.92 Å². The third kappa shape index (κ3) is 12.5. The number of hydrogen-bond acceptors (Lipinski definition) is 9. The Hall–Kier alpha value is -4.97. The van der Waals surface area contributed by atoms with E-state index in [1.807, 2.05) is 63.2 Å². The Morgan fingerprint density at radius 3 is 2.25 bits per heavy atom. The highest BCUT2D eigenvalue weighted by atomic mass is 16.6. The van der Waals surface area contributed by atoms with E-state index >= 15 is 0 Å². The number of rotatable bonds is 19. The molecule has 0 spiro atoms. The molecule has 2 unspecified atom stereocenters. The summed E-state index contributed by atoms with van der Waals surface area (Å²) in [5.41, 5.74) is 10.3. The van der Waals surface area contributed by atoms with E-state index in [-0.39, 0.29) is 31.0 Å². The molecule has 5 rings (SSSR count). The van der Waals surface area contributed by atoms with Gasteiger partial charge in [0.05, 0.1) is 18.9 Å². The molecule has 1 saturated heterocycles. The van der Waals surface area contributed by atoms with Gasteiger partial charge in [-0.25, -0.2) is 9.59 Å². The number of alkyl carbamates (subject to hydrolysis) is 1. The fourth-order valence-corrected chi connectivity index (χ4v) is 7.47. The molecule has 12 nitrogen and oxygen atoms in total. The summed E-state index contributed by atoms with van der Waals surface area (Å²) in [6.07, 6.45) is 3.49. The zero-order valence-electron chi connectivity index (χ0n) is 34.7. The van der Waals surface area contributed by atoms with Gasteiger partial charge in [-0.15, -0.1) is 0 Å². The number of nitrogens with zero attached hydrogens (tertiary/aromatic N) is 2. The van der Waals surface area contributed by atoms with Crippen LogP contribution < -0.4 is 25.6 Å². The second-order valence-electron chi connectivity index (χ2n) is 15.9. The largest absolute Gasteiger partial charge is 0.493 e. The highest BCUT2D eigenvalue weighted by Gasteiger charge is 2.33. The number of piperidine rings is 1. The highest BCUT2D eigenvalue weighted by molar-refractivity contribution is 5.87. The van der Waals surface area contributed by atoms with Crippen molar-refractivity contribution < 1.29 is 33.3 Å². The second kappa shape index (κ2) is 21.0. The molecular weight excluding hydrogens is 723 g/mol. The van der Waals surface area contributed by atoms with Crippen LogP contribution in [0.15, 0.2) is 66.7 Å². The number of ether oxygens (including phenoxy) is 4. The van der Waals surface area contributed by atoms with Gasteiger partial charge >= 0.3 is 12.2 Å². The summed E-state index contributed by atoms with van der Waals surface area (Å²) >= 11 is 0. The number of benzene rings is 3. The van der Waals surface area contributed by atoms with E-state index in [1.165, 1.54) is 0 Å². The van der Waals surface area contributed by atoms with Crippen LogP contribution in [-0.4, -0.2) is 92.1 Å². The maximum Gasteiger partial charge on any atom is 0.410 e. The maximum absolute atomic E-state index is 14.0. The van der Waals surface area contributed by atoms with Crippen LogP contribution in [0.2, 0.25) is 0 Å². The predicted molar refractivity (Wildman–Crippen MR) is 224 cm³/mol. The lowest BCUT2D eigenvalue weighted by Crippen LogP contribution is -2.51. The van der Waals surface area contributed by atoms with Crippen LogP contribution in [0.4, 0.5) is 15.3 Å². The zero-order valence-corrected chi connectivity index (χ0v) is 34.7. The van der Waals surface area contributed by atoms with Crippen LogP contribution in [-0.2, 0) is 14.3 Å². The molecule has 3 amide bonds. The molecule has 1 heterocycles. The highest BCUT2D eigenvalue weighted by Crippen LogP contribution is 2.44. The summed E-state index contributed by atoms with van der Waals surface area (Å²) in [4.78, 5) is 44.6. The third-order valence-electron chi connectivity index (χ3n) is 10.5. The lowest BCUT2D eigenvalue weighted by Gasteiger charge is -2.35. The number of amides is 3. The third-order valence-corrected chi connectivity index (χ3v) is 10.5. The van der Waals surface area contributed by atoms with E-state index in [0.717, 1.165) is 74.0 Å². The Morgan fingerprint density at radius 1 is 0.895 bits per heavy atom. The molecule has 57 heavy (non-hydrogen) atoms. The number of unbranched alkanes of at least 4 members (excludes halogenated alkanes) is 1. The van der Waals surface area contributed by atoms with Gasteiger partial charge in [-0.2, -0.15) is 0 Å². The minimum absolute atomic E-state index is 0.0676. The summed E-state index contributed by atoms with van der Waals surface area (Å²) < 4.78 is 23.7. The van der Waals surface area contributed by atoms with Crippen molar-refractivity contribution in [2.75, 3.05) is 58.0 Å². The molecule has 0 radical (unpaired) electrons. The van der Waals surface area contributed by atoms with Gasteiger partial charge in [0, 0.05) is 31.6 Å². The molecule has 1 fully saturated rings. The van der Waals surface area contributed by atoms with Crippen molar-refractivity contribution in [1.82, 2.24) is 20.5 Å². The van der Waals surface area contributed by atoms with Crippen LogP contribution >= 0.6 is 0 Å². The quantitative estimate of drug-likeness (QED) is 0.0811. The van der Waals surface area contributed by atoms with Crippen molar-refractivity contribution >= 4 is 23.8 Å². The van der Waals surface area contributed by atoms with E-state index in [0.29, 0.717) is 43.5 Å². The predicted octanol–water partition coefficient (Wildman–Crippen LogP) is 8.36. The Bertz CT molecular complexity index is 1730.